The summed E-state index contributed by atoms with van der Waals surface area (Å²) in [5, 5.41) is 9.82. The van der Waals surface area contributed by atoms with E-state index in [0.717, 1.165) is 0 Å². The lowest BCUT2D eigenvalue weighted by molar-refractivity contribution is -0.164. The molecule has 1 N–H and O–H groups in total. The highest BCUT2D eigenvalue weighted by Gasteiger charge is 2.49. The number of nitrogens with zero attached hydrogens (tertiary/aromatic N) is 3. The van der Waals surface area contributed by atoms with E-state index in [0.29, 0.717) is 90.6 Å². The first-order valence-corrected chi connectivity index (χ1v) is 17.5. The van der Waals surface area contributed by atoms with E-state index in [2.05, 4.69) is 14.7 Å². The second-order valence-electron chi connectivity index (χ2n) is 15.3. The van der Waals surface area contributed by atoms with Gasteiger partial charge in [0.15, 0.2) is 0 Å². The van der Waals surface area contributed by atoms with Crippen LogP contribution in [0.5, 0.6) is 0 Å². The van der Waals surface area contributed by atoms with Crippen molar-refractivity contribution in [2.24, 2.45) is 11.8 Å². The number of carbonyl (C=O) groups excluding carboxylic acids is 4. The van der Waals surface area contributed by atoms with Gasteiger partial charge < -0.3 is 24.1 Å². The Hall–Kier alpha value is -2.77. The average Bonchev–Trinajstić information content (AvgIpc) is 2.97. The van der Waals surface area contributed by atoms with Crippen molar-refractivity contribution in [1.82, 2.24) is 14.7 Å². The molecule has 0 amide bonds. The van der Waals surface area contributed by atoms with Crippen LogP contribution < -0.4 is 0 Å². The fourth-order valence-corrected chi connectivity index (χ4v) is 7.05. The molecule has 1 heterocycles. The van der Waals surface area contributed by atoms with Gasteiger partial charge in [0.25, 0.3) is 12.9 Å². The third-order valence-electron chi connectivity index (χ3n) is 9.36. The number of aliphatic carboxylic acids is 1. The molecule has 48 heavy (non-hydrogen) atoms. The minimum atomic E-state index is -0.810. The molecule has 0 radical (unpaired) electrons. The molecule has 3 unspecified atom stereocenters. The van der Waals surface area contributed by atoms with Crippen molar-refractivity contribution in [1.29, 1.82) is 0 Å². The van der Waals surface area contributed by atoms with Gasteiger partial charge in [-0.3, -0.25) is 38.7 Å². The zero-order valence-corrected chi connectivity index (χ0v) is 30.5. The number of carboxylic acid groups (broad SMARTS) is 1. The smallest absolute Gasteiger partial charge is 0.320 e. The summed E-state index contributed by atoms with van der Waals surface area (Å²) in [5.74, 6) is -2.10. The van der Waals surface area contributed by atoms with Gasteiger partial charge in [0, 0.05) is 44.8 Å². The summed E-state index contributed by atoms with van der Waals surface area (Å²) in [6.45, 7) is 18.5. The second kappa shape index (κ2) is 18.8. The lowest BCUT2D eigenvalue weighted by atomic mass is 9.68. The third-order valence-corrected chi connectivity index (χ3v) is 9.36. The predicted molar refractivity (Wildman–Crippen MR) is 179 cm³/mol. The van der Waals surface area contributed by atoms with Crippen molar-refractivity contribution >= 4 is 30.9 Å². The molecule has 3 atom stereocenters. The highest BCUT2D eigenvalue weighted by atomic mass is 16.6. The maximum Gasteiger partial charge on any atom is 0.320 e. The Morgan fingerprint density at radius 2 is 1.38 bits per heavy atom. The molecule has 1 aliphatic heterocycles. The van der Waals surface area contributed by atoms with Crippen molar-refractivity contribution in [3.05, 3.63) is 0 Å². The van der Waals surface area contributed by atoms with E-state index in [1.54, 1.807) is 0 Å². The molecule has 2 rings (SSSR count). The summed E-state index contributed by atoms with van der Waals surface area (Å²) < 4.78 is 22.4. The maximum absolute atomic E-state index is 13.6. The number of esters is 2. The molecule has 0 aromatic carbocycles. The van der Waals surface area contributed by atoms with Crippen LogP contribution in [0.25, 0.3) is 0 Å². The van der Waals surface area contributed by atoms with E-state index >= 15 is 0 Å². The minimum Gasteiger partial charge on any atom is -0.481 e. The Labute approximate surface area is 286 Å². The van der Waals surface area contributed by atoms with Gasteiger partial charge in [0.1, 0.15) is 23.4 Å². The molecule has 0 aromatic heterocycles. The monoisotopic (exact) mass is 683 g/mol. The number of ether oxygens (including phenoxy) is 4. The van der Waals surface area contributed by atoms with Crippen LogP contribution in [-0.2, 0) is 42.9 Å². The molecule has 1 saturated heterocycles. The molecule has 13 heteroatoms. The van der Waals surface area contributed by atoms with E-state index in [1.165, 1.54) is 0 Å². The normalized spacial score (nSPS) is 24.4. The van der Waals surface area contributed by atoms with Gasteiger partial charge in [-0.25, -0.2) is 0 Å². The fraction of sp³-hybridized carbons (Fsp3) is 0.857. The first-order valence-electron chi connectivity index (χ1n) is 17.5. The molecule has 276 valence electrons. The van der Waals surface area contributed by atoms with Crippen molar-refractivity contribution in [3.63, 3.8) is 0 Å². The molecule has 13 nitrogen and oxygen atoms in total. The van der Waals surface area contributed by atoms with Gasteiger partial charge >= 0.3 is 17.9 Å². The SMILES string of the molecule is CCC(CN1CCN(CC(=O)OC(C)(C)C)CC(C2CCC(C(=O)O)CC2)(N(CC(=O)OC(C)(C)C)CC(CC)OC=O)CC1)OC=O. The summed E-state index contributed by atoms with van der Waals surface area (Å²) >= 11 is 0. The molecule has 1 aliphatic carbocycles. The van der Waals surface area contributed by atoms with Gasteiger partial charge in [-0.15, -0.1) is 0 Å². The van der Waals surface area contributed by atoms with Crippen LogP contribution in [0.15, 0.2) is 0 Å². The average molecular weight is 684 g/mol. The van der Waals surface area contributed by atoms with Crippen LogP contribution in [0.2, 0.25) is 0 Å². The standard InChI is InChI=1S/C35H61N3O10/c1-9-28(45-24-39)19-36-16-15-35(27-13-11-26(12-14-27)32(43)44,23-37(18-17-36)21-30(41)47-33(3,4)5)38(20-29(10-2)46-25-40)22-31(42)48-34(6,7)8/h24-29H,9-23H2,1-8H3,(H,43,44). The molecule has 2 aliphatic rings. The summed E-state index contributed by atoms with van der Waals surface area (Å²) in [5.41, 5.74) is -2.15. The summed E-state index contributed by atoms with van der Waals surface area (Å²) in [6.07, 6.45) is 3.09. The quantitative estimate of drug-likeness (QED) is 0.135. The van der Waals surface area contributed by atoms with Gasteiger partial charge in [-0.05, 0) is 92.4 Å². The van der Waals surface area contributed by atoms with E-state index in [9.17, 15) is 29.1 Å². The van der Waals surface area contributed by atoms with E-state index in [1.807, 2.05) is 55.4 Å². The fourth-order valence-electron chi connectivity index (χ4n) is 7.05. The second-order valence-corrected chi connectivity index (χ2v) is 15.3. The molecular formula is C35H61N3O10. The molecule has 0 aromatic rings. The Bertz CT molecular complexity index is 1050. The zero-order valence-electron chi connectivity index (χ0n) is 30.5. The van der Waals surface area contributed by atoms with Crippen LogP contribution in [-0.4, -0.2) is 132 Å². The zero-order chi connectivity index (χ0) is 36.1. The van der Waals surface area contributed by atoms with Crippen LogP contribution in [0.3, 0.4) is 0 Å². The number of hydrogen-bond acceptors (Lipinski definition) is 12. The Morgan fingerprint density at radius 1 is 0.833 bits per heavy atom. The highest BCUT2D eigenvalue weighted by Crippen LogP contribution is 2.42. The molecule has 2 fully saturated rings. The van der Waals surface area contributed by atoms with Crippen molar-refractivity contribution in [2.75, 3.05) is 52.4 Å². The number of hydrogen-bond donors (Lipinski definition) is 1. The molecule has 1 saturated carbocycles. The van der Waals surface area contributed by atoms with Crippen molar-refractivity contribution < 1.29 is 48.0 Å². The van der Waals surface area contributed by atoms with E-state index < -0.39 is 40.7 Å². The Balaban J connectivity index is 2.70. The first kappa shape index (κ1) is 41.4. The van der Waals surface area contributed by atoms with Crippen LogP contribution in [0.4, 0.5) is 0 Å². The highest BCUT2D eigenvalue weighted by molar-refractivity contribution is 5.73. The summed E-state index contributed by atoms with van der Waals surface area (Å²) in [4.78, 5) is 68.0. The maximum atomic E-state index is 13.6. The number of carboxylic acids is 1. The number of rotatable bonds is 17. The summed E-state index contributed by atoms with van der Waals surface area (Å²) in [6, 6.07) is 0. The van der Waals surface area contributed by atoms with Crippen molar-refractivity contribution in [2.45, 2.75) is 129 Å². The lowest BCUT2D eigenvalue weighted by Gasteiger charge is -2.54. The lowest BCUT2D eigenvalue weighted by Crippen LogP contribution is -2.66. The largest absolute Gasteiger partial charge is 0.481 e. The van der Waals surface area contributed by atoms with Gasteiger partial charge in [-0.1, -0.05) is 13.8 Å². The molecular weight excluding hydrogens is 622 g/mol. The van der Waals surface area contributed by atoms with Crippen LogP contribution in [0, 0.1) is 11.8 Å². The number of carbonyl (C=O) groups is 5. The Kier molecular flexibility index (Phi) is 16.3. The van der Waals surface area contributed by atoms with E-state index in [4.69, 9.17) is 18.9 Å². The van der Waals surface area contributed by atoms with Crippen LogP contribution in [0.1, 0.15) is 100 Å². The van der Waals surface area contributed by atoms with Gasteiger partial charge in [-0.2, -0.15) is 0 Å². The Morgan fingerprint density at radius 3 is 1.90 bits per heavy atom. The van der Waals surface area contributed by atoms with Gasteiger partial charge in [0.2, 0.25) is 0 Å². The predicted octanol–water partition coefficient (Wildman–Crippen LogP) is 3.51. The first-order chi connectivity index (χ1) is 22.4. The van der Waals surface area contributed by atoms with Gasteiger partial charge in [0.05, 0.1) is 19.0 Å². The van der Waals surface area contributed by atoms with Crippen molar-refractivity contribution in [3.8, 4) is 0 Å². The summed E-state index contributed by atoms with van der Waals surface area (Å²) in [7, 11) is 0. The molecule has 0 bridgehead atoms. The molecule has 0 spiro atoms. The minimum absolute atomic E-state index is 0.0156. The van der Waals surface area contributed by atoms with Crippen LogP contribution >= 0.6 is 0 Å². The third kappa shape index (κ3) is 13.6. The van der Waals surface area contributed by atoms with E-state index in [-0.39, 0.29) is 37.6 Å². The topological polar surface area (TPSA) is 152 Å².